The number of Topliss-reactive ketones (excluding diaryl/α,β-unsaturated/α-hetero) is 4. The van der Waals surface area contributed by atoms with Crippen molar-refractivity contribution >= 4 is 29.0 Å². The smallest absolute Gasteiger partial charge is 0.250 e. The number of hydrogen-bond donors (Lipinski definition) is 3. The van der Waals surface area contributed by atoms with Crippen LogP contribution in [0.2, 0.25) is 0 Å². The molecule has 1 heterocycles. The van der Waals surface area contributed by atoms with Crippen LogP contribution in [0, 0.1) is 23.7 Å². The fourth-order valence-electron chi connectivity index (χ4n) is 7.53. The number of carbonyl (C=O) groups is 5. The van der Waals surface area contributed by atoms with Gasteiger partial charge in [-0.1, -0.05) is 13.0 Å². The van der Waals surface area contributed by atoms with Crippen molar-refractivity contribution in [1.82, 2.24) is 9.80 Å². The number of primary amides is 1. The fraction of sp³-hybridized carbons (Fsp3) is 0.621. The number of hydrogen-bond acceptors (Lipinski definition) is 9. The predicted octanol–water partition coefficient (Wildman–Crippen LogP) is 0.661. The van der Waals surface area contributed by atoms with Gasteiger partial charge >= 0.3 is 0 Å². The molecule has 2 saturated carbocycles. The van der Waals surface area contributed by atoms with Gasteiger partial charge in [-0.3, -0.25) is 33.8 Å². The average Bonchev–Trinajstić information content (AvgIpc) is 2.88. The number of likely N-dealkylation sites (tertiary alicyclic amines) is 1. The summed E-state index contributed by atoms with van der Waals surface area (Å²) in [5.41, 5.74) is 4.21. The molecule has 3 fully saturated rings. The molecular weight excluding hydrogens is 540 g/mol. The zero-order valence-electron chi connectivity index (χ0n) is 23.3. The quantitative estimate of drug-likeness (QED) is 0.429. The van der Waals surface area contributed by atoms with Crippen molar-refractivity contribution in [2.45, 2.75) is 63.1 Å². The molecule has 5 rings (SSSR count). The van der Waals surface area contributed by atoms with Crippen LogP contribution in [0.5, 0.6) is 5.75 Å². The third-order valence-corrected chi connectivity index (χ3v) is 9.60. The van der Waals surface area contributed by atoms with Crippen molar-refractivity contribution in [1.29, 1.82) is 0 Å². The number of rotatable bonds is 5. The highest BCUT2D eigenvalue weighted by atomic mass is 19.3. The molecule has 2 unspecified atom stereocenters. The van der Waals surface area contributed by atoms with E-state index in [2.05, 4.69) is 0 Å². The number of carbonyl (C=O) groups excluding carboxylic acids is 5. The van der Waals surface area contributed by atoms with Gasteiger partial charge in [-0.2, -0.15) is 0 Å². The maximum absolute atomic E-state index is 14.0. The predicted molar refractivity (Wildman–Crippen MR) is 140 cm³/mol. The van der Waals surface area contributed by atoms with E-state index in [1.807, 2.05) is 6.92 Å². The standard InChI is InChI=1S/C29H35F2N3O7/c1-4-13-9-15(12-34-7-5-28(30,31)6-8-34)22(35)19-16(13)10-14-11-17-21(33(2)3)24(37)20(27(32)40)26(39)29(17,41)25(38)18(14)23(19)36/h9,14,17-18,20-21,35,41H,4-8,10-12H2,1-3H3,(H2,32,40)/t14-,17-,18?,20?,21+,29-/m0/s1. The molecule has 3 aliphatic carbocycles. The maximum atomic E-state index is 14.0. The Morgan fingerprint density at radius 3 is 2.32 bits per heavy atom. The number of phenols is 1. The lowest BCUT2D eigenvalue weighted by Gasteiger charge is -2.52. The Balaban J connectivity index is 1.56. The first-order valence-electron chi connectivity index (χ1n) is 14.0. The van der Waals surface area contributed by atoms with Gasteiger partial charge in [-0.25, -0.2) is 8.78 Å². The number of ketones is 4. The normalized spacial score (nSPS) is 33.4. The third kappa shape index (κ3) is 4.42. The van der Waals surface area contributed by atoms with Crippen LogP contribution in [0.4, 0.5) is 8.78 Å². The largest absolute Gasteiger partial charge is 0.507 e. The Kier molecular flexibility index (Phi) is 7.19. The van der Waals surface area contributed by atoms with Crippen LogP contribution in [0.15, 0.2) is 6.07 Å². The van der Waals surface area contributed by atoms with E-state index in [9.17, 15) is 43.0 Å². The van der Waals surface area contributed by atoms with Gasteiger partial charge in [0.25, 0.3) is 5.92 Å². The fourth-order valence-corrected chi connectivity index (χ4v) is 7.53. The van der Waals surface area contributed by atoms with Crippen LogP contribution in [0.3, 0.4) is 0 Å². The highest BCUT2D eigenvalue weighted by Crippen LogP contribution is 2.51. The van der Waals surface area contributed by atoms with Gasteiger partial charge in [-0.05, 0) is 50.4 Å². The number of nitrogens with two attached hydrogens (primary N) is 1. The first-order chi connectivity index (χ1) is 19.1. The molecule has 1 aromatic rings. The van der Waals surface area contributed by atoms with Crippen LogP contribution in [0.25, 0.3) is 0 Å². The molecule has 0 spiro atoms. The molecule has 1 aromatic carbocycles. The zero-order chi connectivity index (χ0) is 30.2. The summed E-state index contributed by atoms with van der Waals surface area (Å²) in [7, 11) is 3.07. The van der Waals surface area contributed by atoms with Crippen molar-refractivity contribution in [3.05, 3.63) is 28.3 Å². The van der Waals surface area contributed by atoms with E-state index in [1.54, 1.807) is 11.0 Å². The van der Waals surface area contributed by atoms with E-state index in [0.29, 0.717) is 17.5 Å². The maximum Gasteiger partial charge on any atom is 0.250 e. The number of halogens is 2. The lowest BCUT2D eigenvalue weighted by Crippen LogP contribution is -2.74. The Bertz CT molecular complexity index is 1350. The summed E-state index contributed by atoms with van der Waals surface area (Å²) in [5, 5.41) is 23.0. The van der Waals surface area contributed by atoms with Crippen molar-refractivity contribution in [2.24, 2.45) is 29.4 Å². The van der Waals surface area contributed by atoms with Crippen LogP contribution < -0.4 is 5.73 Å². The molecule has 222 valence electrons. The number of benzene rings is 1. The van der Waals surface area contributed by atoms with E-state index in [-0.39, 0.29) is 56.6 Å². The van der Waals surface area contributed by atoms with Gasteiger partial charge < -0.3 is 15.9 Å². The Hall–Kier alpha value is -3.09. The Morgan fingerprint density at radius 2 is 1.76 bits per heavy atom. The molecule has 4 aliphatic rings. The number of aromatic hydroxyl groups is 1. The first-order valence-corrected chi connectivity index (χ1v) is 14.0. The molecule has 1 saturated heterocycles. The summed E-state index contributed by atoms with van der Waals surface area (Å²) < 4.78 is 27.4. The van der Waals surface area contributed by atoms with E-state index in [4.69, 9.17) is 5.73 Å². The summed E-state index contributed by atoms with van der Waals surface area (Å²) in [5.74, 6) is -13.6. The summed E-state index contributed by atoms with van der Waals surface area (Å²) >= 11 is 0. The number of aliphatic hydroxyl groups is 1. The van der Waals surface area contributed by atoms with Crippen LogP contribution in [0.1, 0.15) is 53.2 Å². The molecule has 12 heteroatoms. The van der Waals surface area contributed by atoms with E-state index >= 15 is 0 Å². The molecule has 6 atom stereocenters. The monoisotopic (exact) mass is 575 g/mol. The third-order valence-electron chi connectivity index (χ3n) is 9.60. The number of amides is 1. The summed E-state index contributed by atoms with van der Waals surface area (Å²) in [6.45, 7) is 2.25. The SMILES string of the molecule is CCc1cc(CN2CCC(F)(F)CC2)c(O)c2c1C[C@H]1C[C@H]3[C@@H](N(C)C)C(=O)C(C(N)=O)C(=O)[C@@]3(O)C(=O)C1C2=O. The minimum absolute atomic E-state index is 0.0163. The molecule has 1 amide bonds. The van der Waals surface area contributed by atoms with Crippen molar-refractivity contribution in [3.63, 3.8) is 0 Å². The van der Waals surface area contributed by atoms with Gasteiger partial charge in [0.1, 0.15) is 5.75 Å². The van der Waals surface area contributed by atoms with Gasteiger partial charge in [-0.15, -0.1) is 0 Å². The molecular formula is C29H35F2N3O7. The van der Waals surface area contributed by atoms with E-state index in [0.717, 1.165) is 5.56 Å². The zero-order valence-corrected chi connectivity index (χ0v) is 23.3. The number of phenolic OH excluding ortho intramolecular Hbond substituents is 1. The summed E-state index contributed by atoms with van der Waals surface area (Å²) in [6, 6.07) is 0.610. The minimum Gasteiger partial charge on any atom is -0.507 e. The summed E-state index contributed by atoms with van der Waals surface area (Å²) in [6.07, 6.45) is 0.0493. The Labute approximate surface area is 235 Å². The van der Waals surface area contributed by atoms with Gasteiger partial charge in [0.15, 0.2) is 34.7 Å². The van der Waals surface area contributed by atoms with Gasteiger partial charge in [0, 0.05) is 44.0 Å². The molecule has 4 N–H and O–H groups in total. The van der Waals surface area contributed by atoms with Crippen molar-refractivity contribution in [2.75, 3.05) is 27.2 Å². The molecule has 0 radical (unpaired) electrons. The van der Waals surface area contributed by atoms with E-state index in [1.165, 1.54) is 19.0 Å². The number of fused-ring (bicyclic) bond motifs is 3. The number of likely N-dealkylation sites (N-methyl/N-ethyl adjacent to an activating group) is 1. The van der Waals surface area contributed by atoms with Gasteiger partial charge in [0.2, 0.25) is 5.91 Å². The second-order valence-electron chi connectivity index (χ2n) is 12.2. The van der Waals surface area contributed by atoms with Crippen LogP contribution in [-0.4, -0.2) is 93.8 Å². The van der Waals surface area contributed by atoms with Crippen molar-refractivity contribution in [3.8, 4) is 5.75 Å². The van der Waals surface area contributed by atoms with Crippen LogP contribution >= 0.6 is 0 Å². The highest BCUT2D eigenvalue weighted by Gasteiger charge is 2.69. The average molecular weight is 576 g/mol. The minimum atomic E-state index is -2.78. The highest BCUT2D eigenvalue weighted by molar-refractivity contribution is 6.32. The number of aryl methyl sites for hydroxylation is 1. The molecule has 0 aromatic heterocycles. The second kappa shape index (κ2) is 10.0. The molecule has 1 aliphatic heterocycles. The topological polar surface area (TPSA) is 158 Å². The summed E-state index contributed by atoms with van der Waals surface area (Å²) in [4.78, 5) is 69.9. The lowest BCUT2D eigenvalue weighted by atomic mass is 9.52. The van der Waals surface area contributed by atoms with Gasteiger partial charge in [0.05, 0.1) is 17.5 Å². The van der Waals surface area contributed by atoms with E-state index < -0.39 is 70.3 Å². The molecule has 0 bridgehead atoms. The number of piperidine rings is 1. The Morgan fingerprint density at radius 1 is 1.12 bits per heavy atom. The first kappa shape index (κ1) is 29.4. The number of alkyl halides is 2. The number of nitrogens with zero attached hydrogens (tertiary/aromatic N) is 2. The molecule has 10 nitrogen and oxygen atoms in total. The second-order valence-corrected chi connectivity index (χ2v) is 12.2. The van der Waals surface area contributed by atoms with Crippen LogP contribution in [-0.2, 0) is 38.6 Å². The lowest BCUT2D eigenvalue weighted by molar-refractivity contribution is -0.181. The van der Waals surface area contributed by atoms with Crippen molar-refractivity contribution < 1.29 is 43.0 Å². The molecule has 41 heavy (non-hydrogen) atoms.